The second kappa shape index (κ2) is 8.74. The van der Waals surface area contributed by atoms with E-state index in [1.807, 2.05) is 66.9 Å². The zero-order valence-corrected chi connectivity index (χ0v) is 15.6. The lowest BCUT2D eigenvalue weighted by Gasteiger charge is -2.22. The number of carbonyl (C=O) groups is 1. The number of rotatable bonds is 7. The summed E-state index contributed by atoms with van der Waals surface area (Å²) in [6.45, 7) is 2.80. The predicted octanol–water partition coefficient (Wildman–Crippen LogP) is 3.68. The van der Waals surface area contributed by atoms with Crippen LogP contribution in [0.5, 0.6) is 0 Å². The highest BCUT2D eigenvalue weighted by Crippen LogP contribution is 2.22. The molecule has 0 aliphatic carbocycles. The van der Waals surface area contributed by atoms with Crippen molar-refractivity contribution in [3.8, 4) is 11.3 Å². The Morgan fingerprint density at radius 2 is 1.81 bits per heavy atom. The van der Waals surface area contributed by atoms with Crippen molar-refractivity contribution in [1.29, 1.82) is 0 Å². The van der Waals surface area contributed by atoms with Gasteiger partial charge in [-0.2, -0.15) is 0 Å². The van der Waals surface area contributed by atoms with Gasteiger partial charge < -0.3 is 10.0 Å². The summed E-state index contributed by atoms with van der Waals surface area (Å²) in [5.74, 6) is 0.0140. The first-order valence-electron chi connectivity index (χ1n) is 8.59. The van der Waals surface area contributed by atoms with Crippen LogP contribution in [-0.4, -0.2) is 34.0 Å². The molecular formula is C21H22N2O2S. The van der Waals surface area contributed by atoms with Crippen LogP contribution in [0.1, 0.15) is 16.1 Å². The van der Waals surface area contributed by atoms with Crippen molar-refractivity contribution in [2.75, 3.05) is 13.2 Å². The van der Waals surface area contributed by atoms with E-state index in [2.05, 4.69) is 4.98 Å². The Morgan fingerprint density at radius 1 is 1.08 bits per heavy atom. The average Bonchev–Trinajstić information content (AvgIpc) is 3.09. The Balaban J connectivity index is 1.66. The number of thiazole rings is 1. The van der Waals surface area contributed by atoms with Crippen molar-refractivity contribution in [2.45, 2.75) is 19.9 Å². The Labute approximate surface area is 157 Å². The fraction of sp³-hybridized carbons (Fsp3) is 0.238. The van der Waals surface area contributed by atoms with Crippen LogP contribution in [0.3, 0.4) is 0 Å². The van der Waals surface area contributed by atoms with Gasteiger partial charge in [0.25, 0.3) is 0 Å². The molecule has 0 aliphatic heterocycles. The summed E-state index contributed by atoms with van der Waals surface area (Å²) in [5, 5.41) is 12.4. The van der Waals surface area contributed by atoms with Crippen molar-refractivity contribution in [1.82, 2.24) is 9.88 Å². The summed E-state index contributed by atoms with van der Waals surface area (Å²) in [4.78, 5) is 18.9. The molecule has 0 spiro atoms. The third-order valence-corrected chi connectivity index (χ3v) is 4.94. The summed E-state index contributed by atoms with van der Waals surface area (Å²) in [6, 6.07) is 17.8. The lowest BCUT2D eigenvalue weighted by molar-refractivity contribution is -0.131. The van der Waals surface area contributed by atoms with Gasteiger partial charge in [0.2, 0.25) is 5.91 Å². The van der Waals surface area contributed by atoms with Gasteiger partial charge >= 0.3 is 0 Å². The molecule has 0 unspecified atom stereocenters. The molecule has 1 aromatic heterocycles. The molecule has 4 nitrogen and oxygen atoms in total. The molecule has 0 radical (unpaired) electrons. The smallest absolute Gasteiger partial charge is 0.227 e. The average molecular weight is 366 g/mol. The fourth-order valence-electron chi connectivity index (χ4n) is 2.79. The van der Waals surface area contributed by atoms with Gasteiger partial charge in [-0.3, -0.25) is 4.79 Å². The second-order valence-corrected chi connectivity index (χ2v) is 7.21. The highest BCUT2D eigenvalue weighted by atomic mass is 32.1. The Kier molecular flexibility index (Phi) is 6.15. The van der Waals surface area contributed by atoms with Crippen molar-refractivity contribution in [3.05, 3.63) is 76.1 Å². The monoisotopic (exact) mass is 366 g/mol. The van der Waals surface area contributed by atoms with E-state index in [0.717, 1.165) is 27.4 Å². The zero-order valence-electron chi connectivity index (χ0n) is 14.8. The molecule has 0 saturated heterocycles. The van der Waals surface area contributed by atoms with Crippen molar-refractivity contribution >= 4 is 17.2 Å². The van der Waals surface area contributed by atoms with Gasteiger partial charge in [-0.15, -0.1) is 11.3 Å². The van der Waals surface area contributed by atoms with Crippen LogP contribution in [-0.2, 0) is 17.8 Å². The van der Waals surface area contributed by atoms with Crippen molar-refractivity contribution < 1.29 is 9.90 Å². The highest BCUT2D eigenvalue weighted by molar-refractivity contribution is 7.09. The molecule has 26 heavy (non-hydrogen) atoms. The number of benzene rings is 2. The lowest BCUT2D eigenvalue weighted by Crippen LogP contribution is -2.34. The van der Waals surface area contributed by atoms with Crippen LogP contribution >= 0.6 is 11.3 Å². The minimum absolute atomic E-state index is 0.0140. The molecule has 0 atom stereocenters. The molecular weight excluding hydrogens is 344 g/mol. The first-order chi connectivity index (χ1) is 12.7. The highest BCUT2D eigenvalue weighted by Gasteiger charge is 2.14. The summed E-state index contributed by atoms with van der Waals surface area (Å²) in [6.07, 6.45) is 0.323. The minimum atomic E-state index is -0.0410. The number of nitrogens with zero attached hydrogens (tertiary/aromatic N) is 2. The van der Waals surface area contributed by atoms with Crippen molar-refractivity contribution in [3.63, 3.8) is 0 Å². The molecule has 0 bridgehead atoms. The van der Waals surface area contributed by atoms with Gasteiger partial charge in [0.05, 0.1) is 23.7 Å². The van der Waals surface area contributed by atoms with E-state index in [0.29, 0.717) is 19.5 Å². The van der Waals surface area contributed by atoms with E-state index >= 15 is 0 Å². The molecule has 134 valence electrons. The zero-order chi connectivity index (χ0) is 18.4. The van der Waals surface area contributed by atoms with Crippen molar-refractivity contribution in [2.24, 2.45) is 0 Å². The molecule has 2 aromatic carbocycles. The molecule has 1 N–H and O–H groups in total. The van der Waals surface area contributed by atoms with Gasteiger partial charge in [0.15, 0.2) is 0 Å². The molecule has 0 saturated carbocycles. The minimum Gasteiger partial charge on any atom is -0.395 e. The number of amides is 1. The SMILES string of the molecule is Cc1nc(-c2ccc(CC(=O)N(CCO)Cc3ccccc3)cc2)cs1. The standard InChI is InChI=1S/C21H22N2O2S/c1-16-22-20(15-26-16)19-9-7-17(8-10-19)13-21(25)23(11-12-24)14-18-5-3-2-4-6-18/h2-10,15,24H,11-14H2,1H3. The van der Waals surface area contributed by atoms with E-state index in [9.17, 15) is 9.90 Å². The summed E-state index contributed by atoms with van der Waals surface area (Å²) in [5.41, 5.74) is 4.05. The Hall–Kier alpha value is -2.50. The van der Waals surface area contributed by atoms with E-state index < -0.39 is 0 Å². The van der Waals surface area contributed by atoms with Gasteiger partial charge in [0.1, 0.15) is 0 Å². The Morgan fingerprint density at radius 3 is 2.42 bits per heavy atom. The van der Waals surface area contributed by atoms with Gasteiger partial charge in [-0.25, -0.2) is 4.98 Å². The maximum Gasteiger partial charge on any atom is 0.227 e. The van der Waals surface area contributed by atoms with E-state index in [4.69, 9.17) is 0 Å². The normalized spacial score (nSPS) is 10.7. The van der Waals surface area contributed by atoms with Gasteiger partial charge in [0, 0.05) is 24.0 Å². The third-order valence-electron chi connectivity index (χ3n) is 4.16. The van der Waals surface area contributed by atoms with Crippen LogP contribution in [0.4, 0.5) is 0 Å². The number of aryl methyl sites for hydroxylation is 1. The maximum atomic E-state index is 12.7. The Bertz CT molecular complexity index is 844. The maximum absolute atomic E-state index is 12.7. The number of aliphatic hydroxyl groups excluding tert-OH is 1. The summed E-state index contributed by atoms with van der Waals surface area (Å²) in [7, 11) is 0. The topological polar surface area (TPSA) is 53.4 Å². The van der Waals surface area contributed by atoms with Crippen LogP contribution in [0.2, 0.25) is 0 Å². The number of aliphatic hydroxyl groups is 1. The molecule has 0 fully saturated rings. The fourth-order valence-corrected chi connectivity index (χ4v) is 3.41. The van der Waals surface area contributed by atoms with Crippen LogP contribution < -0.4 is 0 Å². The second-order valence-electron chi connectivity index (χ2n) is 6.15. The summed E-state index contributed by atoms with van der Waals surface area (Å²) < 4.78 is 0. The molecule has 3 rings (SSSR count). The first-order valence-corrected chi connectivity index (χ1v) is 9.47. The molecule has 5 heteroatoms. The third kappa shape index (κ3) is 4.77. The number of carbonyl (C=O) groups excluding carboxylic acids is 1. The van der Waals surface area contributed by atoms with Gasteiger partial charge in [-0.05, 0) is 18.1 Å². The number of hydrogen-bond acceptors (Lipinski definition) is 4. The predicted molar refractivity (Wildman–Crippen MR) is 105 cm³/mol. The number of aromatic nitrogens is 1. The van der Waals surface area contributed by atoms with E-state index in [1.54, 1.807) is 16.2 Å². The quantitative estimate of drug-likeness (QED) is 0.694. The van der Waals surface area contributed by atoms with Crippen LogP contribution in [0, 0.1) is 6.92 Å². The number of hydrogen-bond donors (Lipinski definition) is 1. The van der Waals surface area contributed by atoms with Gasteiger partial charge in [-0.1, -0.05) is 54.6 Å². The van der Waals surface area contributed by atoms with E-state index in [1.165, 1.54) is 0 Å². The largest absolute Gasteiger partial charge is 0.395 e. The molecule has 0 aliphatic rings. The lowest BCUT2D eigenvalue weighted by atomic mass is 10.1. The van der Waals surface area contributed by atoms with Crippen LogP contribution in [0.15, 0.2) is 60.0 Å². The van der Waals surface area contributed by atoms with Crippen LogP contribution in [0.25, 0.3) is 11.3 Å². The molecule has 3 aromatic rings. The van der Waals surface area contributed by atoms with E-state index in [-0.39, 0.29) is 12.5 Å². The first kappa shape index (κ1) is 18.3. The molecule has 1 amide bonds. The summed E-state index contributed by atoms with van der Waals surface area (Å²) >= 11 is 1.63. The molecule has 1 heterocycles.